The van der Waals surface area contributed by atoms with E-state index < -0.39 is 61.4 Å². The Hall–Kier alpha value is -3.20. The molecule has 42 heavy (non-hydrogen) atoms. The molecule has 0 aromatic carbocycles. The van der Waals surface area contributed by atoms with Crippen LogP contribution in [-0.2, 0) is 27.8 Å². The molecule has 4 aromatic heterocycles. The van der Waals surface area contributed by atoms with Gasteiger partial charge in [-0.2, -0.15) is 4.98 Å². The van der Waals surface area contributed by atoms with Crippen molar-refractivity contribution in [3.05, 3.63) is 29.3 Å². The molecule has 3 saturated heterocycles. The van der Waals surface area contributed by atoms with Crippen LogP contribution in [0, 0.1) is 0 Å². The number of hydrogen-bond donors (Lipinski definition) is 6. The third kappa shape index (κ3) is 4.38. The first-order valence-electron chi connectivity index (χ1n) is 12.6. The molecule has 0 spiro atoms. The molecule has 3 aliphatic rings. The van der Waals surface area contributed by atoms with Gasteiger partial charge in [0.2, 0.25) is 5.95 Å². The van der Waals surface area contributed by atoms with Crippen molar-refractivity contribution in [2.24, 2.45) is 0 Å². The van der Waals surface area contributed by atoms with E-state index in [0.717, 1.165) is 0 Å². The Labute approximate surface area is 239 Å². The van der Waals surface area contributed by atoms with Crippen LogP contribution < -0.4 is 17.0 Å². The van der Waals surface area contributed by atoms with Crippen LogP contribution in [0.3, 0.4) is 0 Å². The zero-order valence-electron chi connectivity index (χ0n) is 21.5. The number of thiol groups is 1. The molecule has 3 aliphatic heterocycles. The van der Waals surface area contributed by atoms with E-state index in [4.69, 9.17) is 34.7 Å². The Balaban J connectivity index is 1.09. The third-order valence-corrected chi connectivity index (χ3v) is 9.10. The molecular weight excluding hydrogens is 599 g/mol. The minimum atomic E-state index is -4.16. The van der Waals surface area contributed by atoms with E-state index in [-0.39, 0.29) is 42.6 Å². The summed E-state index contributed by atoms with van der Waals surface area (Å²) in [4.78, 5) is 35.1. The predicted molar refractivity (Wildman–Crippen MR) is 144 cm³/mol. The number of rotatable bonds is 8. The highest BCUT2D eigenvalue weighted by atomic mass is 32.7. The number of aliphatic hydroxyl groups excluding tert-OH is 2. The molecule has 7 rings (SSSR count). The van der Waals surface area contributed by atoms with E-state index in [0.29, 0.717) is 11.2 Å². The number of imidazole rings is 2. The van der Waals surface area contributed by atoms with Gasteiger partial charge < -0.3 is 35.9 Å². The van der Waals surface area contributed by atoms with Gasteiger partial charge in [-0.3, -0.25) is 28.0 Å². The fourth-order valence-corrected chi connectivity index (χ4v) is 7.00. The maximum atomic E-state index is 13.5. The van der Waals surface area contributed by atoms with Crippen molar-refractivity contribution in [2.45, 2.75) is 48.9 Å². The molecule has 0 amide bonds. The van der Waals surface area contributed by atoms with Crippen molar-refractivity contribution in [3.8, 4) is 0 Å². The number of ether oxygens (including phenoxy) is 3. The van der Waals surface area contributed by atoms with Crippen molar-refractivity contribution in [1.82, 2.24) is 39.0 Å². The average Bonchev–Trinajstić information content (AvgIpc) is 3.76. The van der Waals surface area contributed by atoms with Crippen LogP contribution in [0.15, 0.2) is 23.8 Å². The molecule has 7 N–H and O–H groups in total. The van der Waals surface area contributed by atoms with Crippen LogP contribution in [0.4, 0.5) is 11.8 Å². The molecule has 0 saturated carbocycles. The van der Waals surface area contributed by atoms with Crippen molar-refractivity contribution in [2.75, 3.05) is 31.3 Å². The summed E-state index contributed by atoms with van der Waals surface area (Å²) >= 11 is 4.15. The van der Waals surface area contributed by atoms with Gasteiger partial charge in [0, 0.05) is 6.42 Å². The Morgan fingerprint density at radius 3 is 2.71 bits per heavy atom. The van der Waals surface area contributed by atoms with Crippen molar-refractivity contribution in [1.29, 1.82) is 0 Å². The highest BCUT2D eigenvalue weighted by Crippen LogP contribution is 2.58. The second-order valence-corrected chi connectivity index (χ2v) is 13.0. The molecular formula is C21H25N10O9PS. The SMILES string of the molecule is Nc1nc2c(ncn2[C@@H]2O[C@H](CO)C[C@H]2OP(=O)(S)OC[C@@]23CO[C@@H]([C@H](n4cnc5c(N)ncnc54)O2)[C@@H]3O)c(=O)[nH]1. The van der Waals surface area contributed by atoms with E-state index in [2.05, 4.69) is 42.2 Å². The van der Waals surface area contributed by atoms with E-state index >= 15 is 0 Å². The summed E-state index contributed by atoms with van der Waals surface area (Å²) in [6.45, 7) is -4.98. The minimum absolute atomic E-state index is 0.000867. The van der Waals surface area contributed by atoms with E-state index in [9.17, 15) is 19.6 Å². The Kier molecular flexibility index (Phi) is 6.53. The topological polar surface area (TPSA) is 263 Å². The summed E-state index contributed by atoms with van der Waals surface area (Å²) in [6.07, 6.45) is -1.36. The van der Waals surface area contributed by atoms with Gasteiger partial charge >= 0.3 is 6.80 Å². The van der Waals surface area contributed by atoms with Crippen molar-refractivity contribution < 1.29 is 38.0 Å². The second-order valence-electron chi connectivity index (χ2n) is 10.1. The van der Waals surface area contributed by atoms with Gasteiger partial charge in [-0.1, -0.05) is 12.2 Å². The highest BCUT2D eigenvalue weighted by Gasteiger charge is 2.62. The van der Waals surface area contributed by atoms with Gasteiger partial charge in [-0.25, -0.2) is 24.5 Å². The number of aromatic nitrogens is 8. The lowest BCUT2D eigenvalue weighted by Gasteiger charge is -2.31. The molecule has 0 radical (unpaired) electrons. The minimum Gasteiger partial charge on any atom is -0.394 e. The maximum Gasteiger partial charge on any atom is 0.386 e. The average molecular weight is 625 g/mol. The smallest absolute Gasteiger partial charge is 0.386 e. The first kappa shape index (κ1) is 27.6. The van der Waals surface area contributed by atoms with E-state index in [1.165, 1.54) is 23.5 Å². The summed E-state index contributed by atoms with van der Waals surface area (Å²) < 4.78 is 45.7. The number of nitrogens with zero attached hydrogens (tertiary/aromatic N) is 7. The van der Waals surface area contributed by atoms with Crippen LogP contribution in [0.1, 0.15) is 18.9 Å². The van der Waals surface area contributed by atoms with Gasteiger partial charge in [0.05, 0.1) is 38.6 Å². The molecule has 8 atom stereocenters. The van der Waals surface area contributed by atoms with E-state index in [1.54, 1.807) is 4.57 Å². The van der Waals surface area contributed by atoms with Gasteiger partial charge in [-0.05, 0) is 0 Å². The molecule has 19 nitrogen and oxygen atoms in total. The number of aliphatic hydroxyl groups is 2. The number of fused-ring (bicyclic) bond motifs is 4. The van der Waals surface area contributed by atoms with Crippen LogP contribution in [-0.4, -0.2) is 99.1 Å². The highest BCUT2D eigenvalue weighted by molar-refractivity contribution is 8.44. The number of nitrogen functional groups attached to an aromatic ring is 2. The zero-order chi connectivity index (χ0) is 29.4. The number of anilines is 2. The predicted octanol–water partition coefficient (Wildman–Crippen LogP) is -1.13. The Bertz CT molecular complexity index is 1780. The summed E-state index contributed by atoms with van der Waals surface area (Å²) in [5.74, 6) is 0.0398. The molecule has 4 aromatic rings. The largest absolute Gasteiger partial charge is 0.394 e. The number of aromatic amines is 1. The Morgan fingerprint density at radius 1 is 1.17 bits per heavy atom. The zero-order valence-corrected chi connectivity index (χ0v) is 23.2. The third-order valence-electron chi connectivity index (χ3n) is 7.48. The van der Waals surface area contributed by atoms with Gasteiger partial charge in [0.25, 0.3) is 5.56 Å². The fourth-order valence-electron chi connectivity index (χ4n) is 5.49. The number of hydrogen-bond acceptors (Lipinski definition) is 16. The lowest BCUT2D eigenvalue weighted by Crippen LogP contribution is -2.44. The van der Waals surface area contributed by atoms with Crippen molar-refractivity contribution >= 4 is 53.1 Å². The lowest BCUT2D eigenvalue weighted by atomic mass is 10.0. The monoisotopic (exact) mass is 624 g/mol. The fraction of sp³-hybridized carbons (Fsp3) is 0.524. The Morgan fingerprint density at radius 2 is 1.93 bits per heavy atom. The first-order chi connectivity index (χ1) is 20.1. The number of nitrogens with two attached hydrogens (primary N) is 2. The maximum absolute atomic E-state index is 13.5. The van der Waals surface area contributed by atoms with Crippen molar-refractivity contribution in [3.63, 3.8) is 0 Å². The van der Waals surface area contributed by atoms with Gasteiger partial charge in [0.15, 0.2) is 35.1 Å². The van der Waals surface area contributed by atoms with Crippen LogP contribution in [0.25, 0.3) is 22.3 Å². The number of nitrogens with one attached hydrogen (secondary N) is 1. The van der Waals surface area contributed by atoms with Crippen LogP contribution in [0.5, 0.6) is 0 Å². The molecule has 7 heterocycles. The van der Waals surface area contributed by atoms with Gasteiger partial charge in [-0.15, -0.1) is 0 Å². The van der Waals surface area contributed by atoms with E-state index in [1.807, 2.05) is 0 Å². The molecule has 3 fully saturated rings. The quantitative estimate of drug-likeness (QED) is 0.100. The van der Waals surface area contributed by atoms with Gasteiger partial charge in [0.1, 0.15) is 35.8 Å². The van der Waals surface area contributed by atoms with Crippen LogP contribution in [0.2, 0.25) is 0 Å². The lowest BCUT2D eigenvalue weighted by molar-refractivity contribution is -0.183. The number of H-pyrrole nitrogens is 1. The summed E-state index contributed by atoms with van der Waals surface area (Å²) in [6, 6.07) is 0. The molecule has 2 bridgehead atoms. The standard InChI is InChI=1S/C21H25N10O9PS/c22-14-10-15(25-5-24-14)30(6-26-10)19-12-13(33)21(39-19,3-36-12)4-37-41(35,42)40-9-1-8(2-32)38-18(9)31-7-27-11-16(31)28-20(23)29-17(11)34/h5-9,12-13,18-19,32-33H,1-4H2,(H,35,42)(H2,22,24,25)(H3,23,28,29,34)/t8-,9+,12+,13-,18+,19+,21+,41?/m0/s1. The molecule has 224 valence electrons. The molecule has 21 heteroatoms. The molecule has 0 aliphatic carbocycles. The summed E-state index contributed by atoms with van der Waals surface area (Å²) in [5, 5.41) is 20.8. The summed E-state index contributed by atoms with van der Waals surface area (Å²) in [7, 11) is 0. The van der Waals surface area contributed by atoms with Crippen LogP contribution >= 0.6 is 19.0 Å². The normalized spacial score (nSPS) is 32.3. The second kappa shape index (κ2) is 9.93. The summed E-state index contributed by atoms with van der Waals surface area (Å²) in [5.41, 5.74) is 10.5. The first-order valence-corrected chi connectivity index (χ1v) is 15.3. The molecule has 1 unspecified atom stereocenters.